The topological polar surface area (TPSA) is 80.8 Å². The molecule has 1 aliphatic heterocycles. The lowest BCUT2D eigenvalue weighted by atomic mass is 9.99. The van der Waals surface area contributed by atoms with Crippen molar-refractivity contribution in [3.63, 3.8) is 0 Å². The van der Waals surface area contributed by atoms with E-state index < -0.39 is 6.29 Å². The smallest absolute Gasteiger partial charge is 0.184 e. The quantitative estimate of drug-likeness (QED) is 0.520. The van der Waals surface area contributed by atoms with E-state index in [2.05, 4.69) is 23.0 Å². The first kappa shape index (κ1) is 23.5. The van der Waals surface area contributed by atoms with Crippen LogP contribution in [0.1, 0.15) is 46.8 Å². The normalized spacial score (nSPS) is 20.8. The number of aliphatic hydroxyl groups excluding tert-OH is 1. The molecule has 0 spiro atoms. The van der Waals surface area contributed by atoms with E-state index >= 15 is 0 Å². The van der Waals surface area contributed by atoms with Crippen molar-refractivity contribution in [3.05, 3.63) is 101 Å². The van der Waals surface area contributed by atoms with Crippen molar-refractivity contribution in [2.24, 2.45) is 5.73 Å². The van der Waals surface area contributed by atoms with Crippen LogP contribution in [0, 0.1) is 0 Å². The molecule has 174 valence electrons. The minimum Gasteiger partial charge on any atom is -0.392 e. The Labute approximate surface area is 196 Å². The molecule has 1 saturated heterocycles. The zero-order valence-corrected chi connectivity index (χ0v) is 19.1. The Morgan fingerprint density at radius 2 is 1.70 bits per heavy atom. The van der Waals surface area contributed by atoms with Crippen molar-refractivity contribution < 1.29 is 14.6 Å². The van der Waals surface area contributed by atoms with Gasteiger partial charge in [0.2, 0.25) is 0 Å². The summed E-state index contributed by atoms with van der Waals surface area (Å²) in [7, 11) is 2.12. The number of aromatic nitrogens is 1. The number of likely N-dealkylation sites (N-methyl/N-ethyl adjacent to an activating group) is 1. The molecule has 1 aromatic heterocycles. The molecule has 4 rings (SSSR count). The molecule has 0 bridgehead atoms. The van der Waals surface area contributed by atoms with Crippen molar-refractivity contribution in [2.45, 2.75) is 44.5 Å². The lowest BCUT2D eigenvalue weighted by Gasteiger charge is -2.38. The van der Waals surface area contributed by atoms with Crippen LogP contribution >= 0.6 is 0 Å². The molecule has 1 fully saturated rings. The highest BCUT2D eigenvalue weighted by Crippen LogP contribution is 2.38. The average molecular weight is 448 g/mol. The summed E-state index contributed by atoms with van der Waals surface area (Å²) < 4.78 is 12.8. The molecule has 6 heteroatoms. The van der Waals surface area contributed by atoms with Crippen molar-refractivity contribution >= 4 is 0 Å². The summed E-state index contributed by atoms with van der Waals surface area (Å²) in [6.07, 6.45) is 3.00. The fourth-order valence-electron chi connectivity index (χ4n) is 4.13. The first-order chi connectivity index (χ1) is 16.1. The first-order valence-corrected chi connectivity index (χ1v) is 11.5. The van der Waals surface area contributed by atoms with Crippen LogP contribution in [0.3, 0.4) is 0 Å². The molecule has 6 nitrogen and oxygen atoms in total. The van der Waals surface area contributed by atoms with Crippen molar-refractivity contribution in [1.82, 2.24) is 9.88 Å². The lowest BCUT2D eigenvalue weighted by Crippen LogP contribution is -2.38. The summed E-state index contributed by atoms with van der Waals surface area (Å²) in [5, 5.41) is 9.38. The van der Waals surface area contributed by atoms with Gasteiger partial charge in [-0.2, -0.15) is 0 Å². The Morgan fingerprint density at radius 3 is 2.36 bits per heavy atom. The van der Waals surface area contributed by atoms with Gasteiger partial charge in [-0.05, 0) is 35.9 Å². The van der Waals surface area contributed by atoms with Crippen molar-refractivity contribution in [3.8, 4) is 0 Å². The molecule has 0 unspecified atom stereocenters. The maximum Gasteiger partial charge on any atom is 0.184 e. The highest BCUT2D eigenvalue weighted by molar-refractivity contribution is 5.26. The number of aliphatic hydroxyl groups is 1. The van der Waals surface area contributed by atoms with Crippen LogP contribution in [0.15, 0.2) is 72.9 Å². The third-order valence-electron chi connectivity index (χ3n) is 6.09. The fraction of sp³-hybridized carbons (Fsp3) is 0.370. The minimum atomic E-state index is -0.442. The predicted octanol–water partition coefficient (Wildman–Crippen LogP) is 3.75. The minimum absolute atomic E-state index is 0.0224. The van der Waals surface area contributed by atoms with Crippen LogP contribution in [0.2, 0.25) is 0 Å². The molecular formula is C27H33N3O3. The van der Waals surface area contributed by atoms with Crippen LogP contribution in [-0.2, 0) is 29.0 Å². The lowest BCUT2D eigenvalue weighted by molar-refractivity contribution is -0.252. The zero-order chi connectivity index (χ0) is 23.0. The fourth-order valence-corrected chi connectivity index (χ4v) is 4.13. The predicted molar refractivity (Wildman–Crippen MR) is 128 cm³/mol. The van der Waals surface area contributed by atoms with Gasteiger partial charge in [0.25, 0.3) is 0 Å². The van der Waals surface area contributed by atoms with Gasteiger partial charge in [-0.1, -0.05) is 54.6 Å². The average Bonchev–Trinajstić information content (AvgIpc) is 2.88. The highest BCUT2D eigenvalue weighted by Gasteiger charge is 2.32. The summed E-state index contributed by atoms with van der Waals surface area (Å²) >= 11 is 0. The van der Waals surface area contributed by atoms with E-state index in [0.717, 1.165) is 53.9 Å². The molecule has 3 aromatic rings. The van der Waals surface area contributed by atoms with E-state index in [0.29, 0.717) is 6.54 Å². The van der Waals surface area contributed by atoms with Gasteiger partial charge in [-0.15, -0.1) is 0 Å². The van der Waals surface area contributed by atoms with Crippen LogP contribution in [-0.4, -0.2) is 41.2 Å². The number of rotatable bonds is 9. The second kappa shape index (κ2) is 11.5. The maximum atomic E-state index is 9.38. The van der Waals surface area contributed by atoms with E-state index in [4.69, 9.17) is 15.2 Å². The Balaban J connectivity index is 1.46. The summed E-state index contributed by atoms with van der Waals surface area (Å²) in [5.74, 6) is 0. The number of nitrogens with zero attached hydrogens (tertiary/aromatic N) is 2. The van der Waals surface area contributed by atoms with Crippen LogP contribution in [0.5, 0.6) is 0 Å². The molecule has 2 aromatic carbocycles. The standard InChI is InChI=1S/C27H33N3O3/c1-30(15-13-24-4-2-3-14-29-24)18-25-16-26(22-9-7-21(19-31)8-10-22)33-27(32-25)23-11-5-20(17-28)6-12-23/h2-12,14,25-27,31H,13,15-19,28H2,1H3/t25-,26+,27+/m0/s1. The van der Waals surface area contributed by atoms with Gasteiger partial charge >= 0.3 is 0 Å². The third-order valence-corrected chi connectivity index (χ3v) is 6.09. The first-order valence-electron chi connectivity index (χ1n) is 11.5. The van der Waals surface area contributed by atoms with Gasteiger partial charge in [0, 0.05) is 49.9 Å². The molecule has 33 heavy (non-hydrogen) atoms. The second-order valence-electron chi connectivity index (χ2n) is 8.63. The molecule has 0 aliphatic carbocycles. The highest BCUT2D eigenvalue weighted by atomic mass is 16.7. The molecule has 2 heterocycles. The number of benzene rings is 2. The Bertz CT molecular complexity index is 924. The third kappa shape index (κ3) is 6.47. The number of hydrogen-bond donors (Lipinski definition) is 2. The van der Waals surface area contributed by atoms with Crippen molar-refractivity contribution in [1.29, 1.82) is 0 Å². The summed E-state index contributed by atoms with van der Waals surface area (Å²) in [5.41, 5.74) is 10.9. The summed E-state index contributed by atoms with van der Waals surface area (Å²) in [6, 6.07) is 22.1. The van der Waals surface area contributed by atoms with Gasteiger partial charge in [0.1, 0.15) is 0 Å². The Hall–Kier alpha value is -2.61. The second-order valence-corrected chi connectivity index (χ2v) is 8.63. The molecule has 3 atom stereocenters. The van der Waals surface area contributed by atoms with E-state index in [-0.39, 0.29) is 18.8 Å². The van der Waals surface area contributed by atoms with Crippen molar-refractivity contribution in [2.75, 3.05) is 20.1 Å². The molecule has 0 radical (unpaired) electrons. The van der Waals surface area contributed by atoms with Gasteiger partial charge < -0.3 is 25.2 Å². The van der Waals surface area contributed by atoms with E-state index in [9.17, 15) is 5.11 Å². The number of nitrogens with two attached hydrogens (primary N) is 1. The maximum absolute atomic E-state index is 9.38. The zero-order valence-electron chi connectivity index (χ0n) is 19.1. The van der Waals surface area contributed by atoms with E-state index in [1.807, 2.05) is 66.9 Å². The molecule has 1 aliphatic rings. The Kier molecular flexibility index (Phi) is 8.20. The number of ether oxygens (including phenoxy) is 2. The van der Waals surface area contributed by atoms with Gasteiger partial charge in [0.05, 0.1) is 18.8 Å². The Morgan fingerprint density at radius 1 is 0.970 bits per heavy atom. The van der Waals surface area contributed by atoms with E-state index in [1.165, 1.54) is 0 Å². The summed E-state index contributed by atoms with van der Waals surface area (Å²) in [6.45, 7) is 2.26. The monoisotopic (exact) mass is 447 g/mol. The molecule has 3 N–H and O–H groups in total. The van der Waals surface area contributed by atoms with Crippen LogP contribution in [0.25, 0.3) is 0 Å². The molecular weight excluding hydrogens is 414 g/mol. The number of pyridine rings is 1. The van der Waals surface area contributed by atoms with E-state index in [1.54, 1.807) is 0 Å². The van der Waals surface area contributed by atoms with Crippen LogP contribution in [0.4, 0.5) is 0 Å². The van der Waals surface area contributed by atoms with Gasteiger partial charge in [-0.25, -0.2) is 0 Å². The van der Waals surface area contributed by atoms with Crippen LogP contribution < -0.4 is 5.73 Å². The molecule has 0 saturated carbocycles. The molecule has 0 amide bonds. The van der Waals surface area contributed by atoms with Gasteiger partial charge in [-0.3, -0.25) is 4.98 Å². The SMILES string of the molecule is CN(CCc1ccccn1)C[C@@H]1C[C@H](c2ccc(CO)cc2)O[C@H](c2ccc(CN)cc2)O1. The van der Waals surface area contributed by atoms with Gasteiger partial charge in [0.15, 0.2) is 6.29 Å². The largest absolute Gasteiger partial charge is 0.392 e. The number of hydrogen-bond acceptors (Lipinski definition) is 6. The summed E-state index contributed by atoms with van der Waals surface area (Å²) in [4.78, 5) is 6.72.